The maximum Gasteiger partial charge on any atom is 0.177 e. The number of halogens is 2. The average Bonchev–Trinajstić information content (AvgIpc) is 3.60. The Morgan fingerprint density at radius 1 is 0.618 bits per heavy atom. The lowest BCUT2D eigenvalue weighted by Gasteiger charge is -2.06. The molecular weight excluding hydrogens is 434 g/mol. The van der Waals surface area contributed by atoms with Gasteiger partial charge in [0, 0.05) is 11.1 Å². The molecule has 0 amide bonds. The minimum Gasteiger partial charge on any atom is -0.459 e. The van der Waals surface area contributed by atoms with E-state index in [0.717, 1.165) is 27.9 Å². The Kier molecular flexibility index (Phi) is 4.84. The molecule has 6 rings (SSSR count). The Hall–Kier alpha value is -4.45. The number of hydrogen-bond donors (Lipinski definition) is 0. The van der Waals surface area contributed by atoms with Crippen LogP contribution in [0, 0.1) is 11.6 Å². The van der Waals surface area contributed by atoms with Crippen molar-refractivity contribution in [2.45, 2.75) is 6.54 Å². The summed E-state index contributed by atoms with van der Waals surface area (Å²) in [5, 5.41) is 0. The largest absolute Gasteiger partial charge is 0.459 e. The monoisotopic (exact) mass is 452 g/mol. The molecule has 0 fully saturated rings. The van der Waals surface area contributed by atoms with Gasteiger partial charge in [-0.2, -0.15) is 0 Å². The lowest BCUT2D eigenvalue weighted by molar-refractivity contribution is 0.506. The third-order valence-corrected chi connectivity index (χ3v) is 5.71. The molecular formula is C28H18F2N2O2. The van der Waals surface area contributed by atoms with Crippen molar-refractivity contribution in [2.75, 3.05) is 0 Å². The van der Waals surface area contributed by atoms with E-state index in [1.54, 1.807) is 24.3 Å². The summed E-state index contributed by atoms with van der Waals surface area (Å²) in [5.41, 5.74) is 3.36. The predicted octanol–water partition coefficient (Wildman–Crippen LogP) is 7.55. The van der Waals surface area contributed by atoms with E-state index in [2.05, 4.69) is 0 Å². The van der Waals surface area contributed by atoms with Gasteiger partial charge in [0.1, 0.15) is 28.9 Å². The maximum atomic E-state index is 13.3. The molecule has 4 nitrogen and oxygen atoms in total. The van der Waals surface area contributed by atoms with Crippen LogP contribution in [0.15, 0.2) is 106 Å². The van der Waals surface area contributed by atoms with Crippen LogP contribution in [0.25, 0.3) is 45.3 Å². The molecule has 0 radical (unpaired) electrons. The van der Waals surface area contributed by atoms with E-state index < -0.39 is 0 Å². The van der Waals surface area contributed by atoms with Gasteiger partial charge in [-0.15, -0.1) is 0 Å². The second kappa shape index (κ2) is 8.15. The summed E-state index contributed by atoms with van der Waals surface area (Å²) in [6, 6.07) is 27.7. The fourth-order valence-corrected chi connectivity index (χ4v) is 4.04. The van der Waals surface area contributed by atoms with Crippen molar-refractivity contribution in [3.63, 3.8) is 0 Å². The first-order valence-electron chi connectivity index (χ1n) is 10.8. The van der Waals surface area contributed by atoms with Gasteiger partial charge in [0.25, 0.3) is 0 Å². The van der Waals surface area contributed by atoms with Gasteiger partial charge in [-0.05, 0) is 84.9 Å². The molecule has 0 aliphatic carbocycles. The number of hydrogen-bond acceptors (Lipinski definition) is 3. The van der Waals surface area contributed by atoms with Gasteiger partial charge in [-0.3, -0.25) is 0 Å². The third-order valence-electron chi connectivity index (χ3n) is 5.71. The van der Waals surface area contributed by atoms with Crippen LogP contribution in [-0.4, -0.2) is 9.55 Å². The zero-order valence-electron chi connectivity index (χ0n) is 17.9. The maximum absolute atomic E-state index is 13.3. The van der Waals surface area contributed by atoms with Crippen molar-refractivity contribution >= 4 is 11.0 Å². The topological polar surface area (TPSA) is 44.1 Å². The number of aromatic nitrogens is 2. The molecule has 0 aliphatic rings. The van der Waals surface area contributed by atoms with Gasteiger partial charge >= 0.3 is 0 Å². The third kappa shape index (κ3) is 3.69. The number of para-hydroxylation sites is 2. The molecule has 0 N–H and O–H groups in total. The van der Waals surface area contributed by atoms with Gasteiger partial charge in [0.15, 0.2) is 11.6 Å². The molecule has 0 atom stereocenters. The first kappa shape index (κ1) is 20.2. The van der Waals surface area contributed by atoms with Crippen molar-refractivity contribution in [2.24, 2.45) is 0 Å². The number of furan rings is 2. The highest BCUT2D eigenvalue weighted by Crippen LogP contribution is 2.32. The molecule has 0 saturated heterocycles. The lowest BCUT2D eigenvalue weighted by Crippen LogP contribution is -2.00. The lowest BCUT2D eigenvalue weighted by atomic mass is 10.2. The van der Waals surface area contributed by atoms with Crippen LogP contribution in [0.2, 0.25) is 0 Å². The van der Waals surface area contributed by atoms with Gasteiger partial charge in [-0.25, -0.2) is 13.8 Å². The molecule has 6 heteroatoms. The fraction of sp³-hybridized carbons (Fsp3) is 0.0357. The number of imidazole rings is 1. The number of fused-ring (bicyclic) bond motifs is 1. The molecule has 0 aliphatic heterocycles. The van der Waals surface area contributed by atoms with E-state index in [4.69, 9.17) is 13.8 Å². The minimum absolute atomic E-state index is 0.288. The molecule has 0 unspecified atom stereocenters. The summed E-state index contributed by atoms with van der Waals surface area (Å²) in [4.78, 5) is 4.80. The normalized spacial score (nSPS) is 11.4. The van der Waals surface area contributed by atoms with Crippen molar-refractivity contribution in [3.8, 4) is 34.2 Å². The van der Waals surface area contributed by atoms with Crippen molar-refractivity contribution in [3.05, 3.63) is 114 Å². The highest BCUT2D eigenvalue weighted by Gasteiger charge is 2.18. The summed E-state index contributed by atoms with van der Waals surface area (Å²) in [6.07, 6.45) is 0. The van der Waals surface area contributed by atoms with Crippen molar-refractivity contribution in [1.29, 1.82) is 0 Å². The summed E-state index contributed by atoms with van der Waals surface area (Å²) in [5.74, 6) is 2.70. The predicted molar refractivity (Wildman–Crippen MR) is 126 cm³/mol. The second-order valence-corrected chi connectivity index (χ2v) is 7.95. The van der Waals surface area contributed by atoms with E-state index in [0.29, 0.717) is 29.6 Å². The van der Waals surface area contributed by atoms with Gasteiger partial charge in [0.05, 0.1) is 17.6 Å². The van der Waals surface area contributed by atoms with E-state index in [1.165, 1.54) is 24.3 Å². The minimum atomic E-state index is -0.296. The number of nitrogens with zero attached hydrogens (tertiary/aromatic N) is 2. The highest BCUT2D eigenvalue weighted by atomic mass is 19.1. The van der Waals surface area contributed by atoms with Crippen molar-refractivity contribution < 1.29 is 17.6 Å². The van der Waals surface area contributed by atoms with E-state index in [-0.39, 0.29) is 11.6 Å². The molecule has 0 bridgehead atoms. The summed E-state index contributed by atoms with van der Waals surface area (Å²) >= 11 is 0. The Bertz CT molecular complexity index is 1590. The quantitative estimate of drug-likeness (QED) is 0.271. The summed E-state index contributed by atoms with van der Waals surface area (Å²) < 4.78 is 40.8. The van der Waals surface area contributed by atoms with Crippen LogP contribution >= 0.6 is 0 Å². The zero-order valence-corrected chi connectivity index (χ0v) is 17.9. The fourth-order valence-electron chi connectivity index (χ4n) is 4.04. The van der Waals surface area contributed by atoms with Gasteiger partial charge in [-0.1, -0.05) is 12.1 Å². The van der Waals surface area contributed by atoms with E-state index in [1.807, 2.05) is 53.1 Å². The van der Waals surface area contributed by atoms with Crippen LogP contribution in [0.5, 0.6) is 0 Å². The molecule has 3 heterocycles. The summed E-state index contributed by atoms with van der Waals surface area (Å²) in [7, 11) is 0. The molecule has 0 saturated carbocycles. The molecule has 34 heavy (non-hydrogen) atoms. The second-order valence-electron chi connectivity index (χ2n) is 7.95. The molecule has 6 aromatic rings. The van der Waals surface area contributed by atoms with Crippen LogP contribution < -0.4 is 0 Å². The molecule has 3 aromatic heterocycles. The first-order valence-corrected chi connectivity index (χ1v) is 10.8. The van der Waals surface area contributed by atoms with Crippen LogP contribution in [0.3, 0.4) is 0 Å². The highest BCUT2D eigenvalue weighted by molar-refractivity contribution is 5.80. The number of benzene rings is 3. The Balaban J connectivity index is 1.38. The SMILES string of the molecule is Fc1ccc(-c2ccc(Cn3c(-c4ccc(-c5ccc(F)cc5)o4)nc4ccccc43)o2)cc1. The molecule has 166 valence electrons. The Morgan fingerprint density at radius 3 is 1.91 bits per heavy atom. The number of rotatable bonds is 5. The van der Waals surface area contributed by atoms with Crippen molar-refractivity contribution in [1.82, 2.24) is 9.55 Å². The van der Waals surface area contributed by atoms with Crippen LogP contribution in [-0.2, 0) is 6.54 Å². The van der Waals surface area contributed by atoms with Crippen LogP contribution in [0.4, 0.5) is 8.78 Å². The van der Waals surface area contributed by atoms with E-state index in [9.17, 15) is 8.78 Å². The first-order chi connectivity index (χ1) is 16.6. The standard InChI is InChI=1S/C28H18F2N2O2/c29-20-9-5-18(6-10-20)25-14-13-22(33-25)17-32-24-4-2-1-3-23(24)31-28(32)27-16-15-26(34-27)19-7-11-21(30)12-8-19/h1-16H,17H2. The van der Waals surface area contributed by atoms with Gasteiger partial charge in [0.2, 0.25) is 0 Å². The smallest absolute Gasteiger partial charge is 0.177 e. The summed E-state index contributed by atoms with van der Waals surface area (Å²) in [6.45, 7) is 0.434. The zero-order chi connectivity index (χ0) is 23.1. The van der Waals surface area contributed by atoms with Gasteiger partial charge < -0.3 is 13.4 Å². The Morgan fingerprint density at radius 2 is 1.21 bits per heavy atom. The average molecular weight is 452 g/mol. The Labute approximate surface area is 193 Å². The van der Waals surface area contributed by atoms with Crippen LogP contribution in [0.1, 0.15) is 5.76 Å². The molecule has 3 aromatic carbocycles. The molecule has 0 spiro atoms. The van der Waals surface area contributed by atoms with E-state index >= 15 is 0 Å².